The molecule has 3 aromatic heterocycles. The summed E-state index contributed by atoms with van der Waals surface area (Å²) in [4.78, 5) is 8.49. The van der Waals surface area contributed by atoms with E-state index in [1.807, 2.05) is 35.8 Å². The van der Waals surface area contributed by atoms with Crippen LogP contribution in [-0.4, -0.2) is 20.4 Å². The minimum atomic E-state index is 0.354. The van der Waals surface area contributed by atoms with E-state index in [0.717, 1.165) is 28.3 Å². The van der Waals surface area contributed by atoms with Gasteiger partial charge in [-0.1, -0.05) is 24.3 Å². The second kappa shape index (κ2) is 6.25. The van der Waals surface area contributed by atoms with E-state index in [9.17, 15) is 0 Å². The molecule has 0 amide bonds. The largest absolute Gasteiger partial charge is 0.342 e. The summed E-state index contributed by atoms with van der Waals surface area (Å²) in [6.07, 6.45) is 5.58. The number of anilines is 1. The molecule has 0 spiro atoms. The van der Waals surface area contributed by atoms with Gasteiger partial charge in [0.05, 0.1) is 11.0 Å². The summed E-state index contributed by atoms with van der Waals surface area (Å²) in [5.74, 6) is 0.354. The molecule has 2 N–H and O–H groups in total. The van der Waals surface area contributed by atoms with Gasteiger partial charge in [-0.2, -0.15) is 0 Å². The van der Waals surface area contributed by atoms with Gasteiger partial charge < -0.3 is 9.88 Å². The van der Waals surface area contributed by atoms with Crippen LogP contribution in [0.15, 0.2) is 66.4 Å². The molecule has 0 bridgehead atoms. The maximum atomic E-state index is 8.12. The van der Waals surface area contributed by atoms with E-state index >= 15 is 0 Å². The maximum Gasteiger partial charge on any atom is 0.188 e. The van der Waals surface area contributed by atoms with Crippen molar-refractivity contribution in [2.24, 2.45) is 0 Å². The zero-order valence-corrected chi connectivity index (χ0v) is 13.6. The van der Waals surface area contributed by atoms with E-state index in [1.54, 1.807) is 6.20 Å². The minimum absolute atomic E-state index is 0.354. The zero-order valence-electron chi connectivity index (χ0n) is 12.8. The van der Waals surface area contributed by atoms with Gasteiger partial charge in [-0.15, -0.1) is 11.3 Å². The Morgan fingerprint density at radius 1 is 1.08 bits per heavy atom. The lowest BCUT2D eigenvalue weighted by Gasteiger charge is -2.08. The van der Waals surface area contributed by atoms with Gasteiger partial charge in [-0.3, -0.25) is 10.4 Å². The van der Waals surface area contributed by atoms with Crippen molar-refractivity contribution in [3.05, 3.63) is 77.6 Å². The summed E-state index contributed by atoms with van der Waals surface area (Å²) in [6, 6.07) is 14.1. The normalized spacial score (nSPS) is 10.8. The smallest absolute Gasteiger partial charge is 0.188 e. The van der Waals surface area contributed by atoms with Gasteiger partial charge in [0, 0.05) is 36.1 Å². The predicted octanol–water partition coefficient (Wildman–Crippen LogP) is 3.98. The average molecular weight is 333 g/mol. The zero-order chi connectivity index (χ0) is 16.4. The number of pyridine rings is 1. The molecule has 0 saturated heterocycles. The number of hydrogen-bond donors (Lipinski definition) is 2. The number of rotatable bonds is 4. The van der Waals surface area contributed by atoms with Crippen molar-refractivity contribution in [3.8, 4) is 0 Å². The van der Waals surface area contributed by atoms with Gasteiger partial charge in [0.1, 0.15) is 5.84 Å². The van der Waals surface area contributed by atoms with Crippen LogP contribution in [0.4, 0.5) is 5.13 Å². The van der Waals surface area contributed by atoms with Gasteiger partial charge in [0.15, 0.2) is 5.13 Å². The van der Waals surface area contributed by atoms with E-state index in [1.165, 1.54) is 16.9 Å². The molecular formula is C18H15N5S. The number of hydrogen-bond acceptors (Lipinski definition) is 4. The van der Waals surface area contributed by atoms with Crippen molar-refractivity contribution in [2.75, 3.05) is 5.32 Å². The average Bonchev–Trinajstić information content (AvgIpc) is 3.26. The lowest BCUT2D eigenvalue weighted by atomic mass is 10.1. The molecule has 4 rings (SSSR count). The maximum absolute atomic E-state index is 8.12. The van der Waals surface area contributed by atoms with Gasteiger partial charge in [-0.05, 0) is 23.8 Å². The molecule has 0 unspecified atom stereocenters. The number of nitrogens with zero attached hydrogens (tertiary/aromatic N) is 3. The molecule has 0 aliphatic heterocycles. The van der Waals surface area contributed by atoms with E-state index in [-0.39, 0.29) is 0 Å². The van der Waals surface area contributed by atoms with E-state index < -0.39 is 0 Å². The summed E-state index contributed by atoms with van der Waals surface area (Å²) >= 11 is 1.48. The fraction of sp³-hybridized carbons (Fsp3) is 0.0556. The fourth-order valence-electron chi connectivity index (χ4n) is 2.60. The molecule has 4 aromatic rings. The van der Waals surface area contributed by atoms with Crippen LogP contribution in [0.1, 0.15) is 11.1 Å². The number of aromatic nitrogens is 3. The number of amidine groups is 1. The lowest BCUT2D eigenvalue weighted by Crippen LogP contribution is -2.11. The summed E-state index contributed by atoms with van der Waals surface area (Å²) in [5.41, 5.74) is 4.15. The molecule has 1 aromatic carbocycles. The Morgan fingerprint density at radius 3 is 2.75 bits per heavy atom. The molecular weight excluding hydrogens is 318 g/mol. The summed E-state index contributed by atoms with van der Waals surface area (Å²) in [5, 5.41) is 13.7. The highest BCUT2D eigenvalue weighted by Gasteiger charge is 2.05. The van der Waals surface area contributed by atoms with E-state index in [0.29, 0.717) is 5.84 Å². The van der Waals surface area contributed by atoms with Crippen LogP contribution >= 0.6 is 11.3 Å². The number of fused-ring (bicyclic) bond motifs is 1. The minimum Gasteiger partial charge on any atom is -0.342 e. The Hall–Kier alpha value is -2.99. The van der Waals surface area contributed by atoms with E-state index in [4.69, 9.17) is 5.41 Å². The number of nitrogens with one attached hydrogen (secondary N) is 2. The third kappa shape index (κ3) is 2.91. The van der Waals surface area contributed by atoms with Crippen LogP contribution in [0, 0.1) is 5.41 Å². The van der Waals surface area contributed by atoms with Crippen molar-refractivity contribution < 1.29 is 0 Å². The Morgan fingerprint density at radius 2 is 1.96 bits per heavy atom. The highest BCUT2D eigenvalue weighted by molar-refractivity contribution is 7.13. The monoisotopic (exact) mass is 333 g/mol. The van der Waals surface area contributed by atoms with E-state index in [2.05, 4.69) is 44.2 Å². The SMILES string of the molecule is N=C(Nc1nccs1)c1ccc(Cn2ccc3ncccc32)cc1. The number of benzene rings is 1. The van der Waals surface area contributed by atoms with Crippen LogP contribution in [0.5, 0.6) is 0 Å². The third-order valence-electron chi connectivity index (χ3n) is 3.80. The number of thiazole rings is 1. The Balaban J connectivity index is 1.50. The second-order valence-electron chi connectivity index (χ2n) is 5.39. The van der Waals surface area contributed by atoms with Gasteiger partial charge in [0.2, 0.25) is 0 Å². The topological polar surface area (TPSA) is 66.6 Å². The molecule has 0 radical (unpaired) electrons. The molecule has 6 heteroatoms. The Labute approximate surface area is 143 Å². The standard InChI is InChI=1S/C18H15N5S/c19-17(22-18-21-9-11-24-18)14-5-3-13(4-6-14)12-23-10-7-15-16(23)2-1-8-20-15/h1-11H,12H2,(H2,19,21,22). The van der Waals surface area contributed by atoms with Crippen molar-refractivity contribution >= 4 is 33.3 Å². The lowest BCUT2D eigenvalue weighted by molar-refractivity contribution is 0.836. The van der Waals surface area contributed by atoms with Crippen molar-refractivity contribution in [2.45, 2.75) is 6.54 Å². The first-order chi connectivity index (χ1) is 11.8. The van der Waals surface area contributed by atoms with Crippen LogP contribution < -0.4 is 5.32 Å². The quantitative estimate of drug-likeness (QED) is 0.438. The van der Waals surface area contributed by atoms with Crippen molar-refractivity contribution in [3.63, 3.8) is 0 Å². The first-order valence-electron chi connectivity index (χ1n) is 7.54. The first kappa shape index (κ1) is 14.6. The molecule has 5 nitrogen and oxygen atoms in total. The summed E-state index contributed by atoms with van der Waals surface area (Å²) in [6.45, 7) is 0.780. The molecule has 0 aliphatic carbocycles. The second-order valence-corrected chi connectivity index (χ2v) is 6.28. The molecule has 3 heterocycles. The first-order valence-corrected chi connectivity index (χ1v) is 8.42. The fourth-order valence-corrected chi connectivity index (χ4v) is 3.13. The summed E-state index contributed by atoms with van der Waals surface area (Å²) in [7, 11) is 0. The molecule has 0 aliphatic rings. The van der Waals surface area contributed by atoms with Crippen LogP contribution in [-0.2, 0) is 6.54 Å². The van der Waals surface area contributed by atoms with Crippen LogP contribution in [0.25, 0.3) is 11.0 Å². The van der Waals surface area contributed by atoms with Gasteiger partial charge in [0.25, 0.3) is 0 Å². The van der Waals surface area contributed by atoms with Gasteiger partial charge >= 0.3 is 0 Å². The predicted molar refractivity (Wildman–Crippen MR) is 97.8 cm³/mol. The van der Waals surface area contributed by atoms with Gasteiger partial charge in [-0.25, -0.2) is 4.98 Å². The Bertz CT molecular complexity index is 970. The summed E-state index contributed by atoms with van der Waals surface area (Å²) < 4.78 is 2.18. The highest BCUT2D eigenvalue weighted by Crippen LogP contribution is 2.16. The highest BCUT2D eigenvalue weighted by atomic mass is 32.1. The van der Waals surface area contributed by atoms with Crippen molar-refractivity contribution in [1.82, 2.24) is 14.5 Å². The third-order valence-corrected chi connectivity index (χ3v) is 4.49. The van der Waals surface area contributed by atoms with Crippen LogP contribution in [0.3, 0.4) is 0 Å². The molecule has 24 heavy (non-hydrogen) atoms. The van der Waals surface area contributed by atoms with Crippen molar-refractivity contribution in [1.29, 1.82) is 5.41 Å². The molecule has 0 saturated carbocycles. The van der Waals surface area contributed by atoms with Crippen LogP contribution in [0.2, 0.25) is 0 Å². The molecule has 0 fully saturated rings. The molecule has 0 atom stereocenters. The molecule has 118 valence electrons. The Kier molecular flexibility index (Phi) is 3.80.